The van der Waals surface area contributed by atoms with E-state index in [0.717, 1.165) is 5.56 Å². The van der Waals surface area contributed by atoms with Crippen LogP contribution in [0.2, 0.25) is 0 Å². The molecule has 0 bridgehead atoms. The number of ether oxygens (including phenoxy) is 1. The largest absolute Gasteiger partial charge is 0.494 e. The molecular formula is C16H20N4O3S. The van der Waals surface area contributed by atoms with Crippen molar-refractivity contribution in [2.75, 3.05) is 6.61 Å². The molecule has 7 nitrogen and oxygen atoms in total. The van der Waals surface area contributed by atoms with Crippen molar-refractivity contribution in [1.82, 2.24) is 20.6 Å². The lowest BCUT2D eigenvalue weighted by atomic mass is 10.1. The second kappa shape index (κ2) is 7.27. The second-order valence-corrected chi connectivity index (χ2v) is 7.15. The first kappa shape index (κ1) is 16.8. The van der Waals surface area contributed by atoms with E-state index in [2.05, 4.69) is 20.6 Å². The van der Waals surface area contributed by atoms with Crippen molar-refractivity contribution in [2.24, 2.45) is 0 Å². The first-order chi connectivity index (χ1) is 11.6. The minimum Gasteiger partial charge on any atom is -0.494 e. The van der Waals surface area contributed by atoms with Crippen LogP contribution in [0, 0.1) is 0 Å². The highest BCUT2D eigenvalue weighted by Gasteiger charge is 2.28. The third kappa shape index (κ3) is 3.90. The topological polar surface area (TPSA) is 92.4 Å². The molecule has 1 aliphatic heterocycles. The Bertz CT molecular complexity index is 766. The Hall–Kier alpha value is -2.00. The number of pyridine rings is 1. The summed E-state index contributed by atoms with van der Waals surface area (Å²) in [5.41, 5.74) is 7.13. The molecule has 24 heavy (non-hydrogen) atoms. The van der Waals surface area contributed by atoms with Crippen LogP contribution in [0.5, 0.6) is 5.75 Å². The van der Waals surface area contributed by atoms with Gasteiger partial charge in [-0.2, -0.15) is 4.72 Å². The molecule has 2 heterocycles. The summed E-state index contributed by atoms with van der Waals surface area (Å²) in [6.45, 7) is 2.42. The van der Waals surface area contributed by atoms with Gasteiger partial charge in [0, 0.05) is 18.4 Å². The van der Waals surface area contributed by atoms with Crippen molar-refractivity contribution < 1.29 is 13.2 Å². The van der Waals surface area contributed by atoms with Crippen LogP contribution < -0.4 is 20.3 Å². The van der Waals surface area contributed by atoms with Crippen molar-refractivity contribution in [2.45, 2.75) is 30.4 Å². The van der Waals surface area contributed by atoms with Crippen molar-refractivity contribution >= 4 is 10.0 Å². The molecule has 1 aliphatic rings. The van der Waals surface area contributed by atoms with Crippen molar-refractivity contribution in [3.63, 3.8) is 0 Å². The number of nitrogens with zero attached hydrogens (tertiary/aromatic N) is 1. The molecule has 2 aromatic rings. The smallest absolute Gasteiger partial charge is 0.241 e. The molecule has 0 radical (unpaired) electrons. The van der Waals surface area contributed by atoms with Gasteiger partial charge in [0.15, 0.2) is 0 Å². The minimum atomic E-state index is -3.60. The highest BCUT2D eigenvalue weighted by Crippen LogP contribution is 2.22. The van der Waals surface area contributed by atoms with Crippen LogP contribution in [0.1, 0.15) is 24.9 Å². The molecule has 1 aromatic heterocycles. The van der Waals surface area contributed by atoms with E-state index in [4.69, 9.17) is 4.74 Å². The minimum absolute atomic E-state index is 0.0287. The maximum Gasteiger partial charge on any atom is 0.241 e. The summed E-state index contributed by atoms with van der Waals surface area (Å²) in [5, 5.41) is 0. The molecule has 8 heteroatoms. The molecule has 0 aliphatic carbocycles. The predicted octanol–water partition coefficient (Wildman–Crippen LogP) is 1.32. The maximum absolute atomic E-state index is 12.5. The molecular weight excluding hydrogens is 328 g/mol. The van der Waals surface area contributed by atoms with E-state index in [0.29, 0.717) is 18.8 Å². The number of hydrogen-bond acceptors (Lipinski definition) is 6. The van der Waals surface area contributed by atoms with E-state index in [1.807, 2.05) is 19.1 Å². The lowest BCUT2D eigenvalue weighted by Crippen LogP contribution is -2.44. The standard InChI is InChI=1S/C16H20N4O3S/c1-2-23-13-3-5-14(6-4-13)24(21,22)20-16-11-15(18-19-16)12-7-9-17-10-8-12/h3-10,15-16,18-20H,2,11H2,1H3. The van der Waals surface area contributed by atoms with Gasteiger partial charge >= 0.3 is 0 Å². The van der Waals surface area contributed by atoms with E-state index in [1.165, 1.54) is 12.1 Å². The summed E-state index contributed by atoms with van der Waals surface area (Å²) in [5.74, 6) is 0.648. The molecule has 0 saturated carbocycles. The van der Waals surface area contributed by atoms with E-state index < -0.39 is 10.0 Å². The summed E-state index contributed by atoms with van der Waals surface area (Å²) in [6, 6.07) is 10.2. The molecule has 3 rings (SSSR count). The van der Waals surface area contributed by atoms with Crippen LogP contribution in [0.25, 0.3) is 0 Å². The summed E-state index contributed by atoms with van der Waals surface area (Å²) in [7, 11) is -3.60. The summed E-state index contributed by atoms with van der Waals surface area (Å²) < 4.78 is 32.9. The zero-order valence-corrected chi connectivity index (χ0v) is 14.1. The fourth-order valence-electron chi connectivity index (χ4n) is 2.58. The van der Waals surface area contributed by atoms with Crippen molar-refractivity contribution in [3.05, 3.63) is 54.4 Å². The quantitative estimate of drug-likeness (QED) is 0.729. The molecule has 3 N–H and O–H groups in total. The number of nitrogens with one attached hydrogen (secondary N) is 3. The lowest BCUT2D eigenvalue weighted by molar-refractivity contribution is 0.340. The third-order valence-electron chi connectivity index (χ3n) is 3.75. The first-order valence-corrected chi connectivity index (χ1v) is 9.23. The van der Waals surface area contributed by atoms with Gasteiger partial charge in [-0.25, -0.2) is 19.3 Å². The SMILES string of the molecule is CCOc1ccc(S(=O)(=O)NC2CC(c3ccncc3)NN2)cc1. The Balaban J connectivity index is 1.65. The maximum atomic E-state index is 12.5. The monoisotopic (exact) mass is 348 g/mol. The fourth-order valence-corrected chi connectivity index (χ4v) is 3.74. The third-order valence-corrected chi connectivity index (χ3v) is 5.24. The summed E-state index contributed by atoms with van der Waals surface area (Å²) in [6.07, 6.45) is 3.64. The van der Waals surface area contributed by atoms with Crippen LogP contribution >= 0.6 is 0 Å². The van der Waals surface area contributed by atoms with E-state index in [1.54, 1.807) is 24.5 Å². The van der Waals surface area contributed by atoms with E-state index >= 15 is 0 Å². The Labute approximate surface area is 141 Å². The summed E-state index contributed by atoms with van der Waals surface area (Å²) in [4.78, 5) is 4.19. The Morgan fingerprint density at radius 3 is 2.54 bits per heavy atom. The Morgan fingerprint density at radius 1 is 1.17 bits per heavy atom. The number of hydrazine groups is 1. The zero-order chi connectivity index (χ0) is 17.0. The lowest BCUT2D eigenvalue weighted by Gasteiger charge is -2.13. The van der Waals surface area contributed by atoms with Crippen LogP contribution in [-0.2, 0) is 10.0 Å². The average Bonchev–Trinajstić information content (AvgIpc) is 3.04. The Kier molecular flexibility index (Phi) is 5.10. The summed E-state index contributed by atoms with van der Waals surface area (Å²) >= 11 is 0. The fraction of sp³-hybridized carbons (Fsp3) is 0.312. The number of aromatic nitrogens is 1. The second-order valence-electron chi connectivity index (χ2n) is 5.44. The van der Waals surface area contributed by atoms with Gasteiger partial charge < -0.3 is 4.74 Å². The molecule has 1 aromatic carbocycles. The van der Waals surface area contributed by atoms with Gasteiger partial charge in [-0.15, -0.1) is 0 Å². The van der Waals surface area contributed by atoms with Crippen LogP contribution in [0.4, 0.5) is 0 Å². The highest BCUT2D eigenvalue weighted by atomic mass is 32.2. The van der Waals surface area contributed by atoms with Gasteiger partial charge in [0.05, 0.1) is 17.7 Å². The van der Waals surface area contributed by atoms with Gasteiger partial charge in [0.25, 0.3) is 0 Å². The average molecular weight is 348 g/mol. The molecule has 128 valence electrons. The number of benzene rings is 1. The number of hydrogen-bond donors (Lipinski definition) is 3. The van der Waals surface area contributed by atoms with Gasteiger partial charge in [-0.05, 0) is 55.3 Å². The van der Waals surface area contributed by atoms with Crippen molar-refractivity contribution in [1.29, 1.82) is 0 Å². The van der Waals surface area contributed by atoms with E-state index in [9.17, 15) is 8.42 Å². The van der Waals surface area contributed by atoms with Gasteiger partial charge in [-0.1, -0.05) is 0 Å². The predicted molar refractivity (Wildman–Crippen MR) is 89.6 cm³/mol. The van der Waals surface area contributed by atoms with E-state index in [-0.39, 0.29) is 17.1 Å². The van der Waals surface area contributed by atoms with Crippen LogP contribution in [-0.4, -0.2) is 26.2 Å². The molecule has 0 amide bonds. The number of sulfonamides is 1. The van der Waals surface area contributed by atoms with Gasteiger partial charge in [0.1, 0.15) is 5.75 Å². The molecule has 2 unspecified atom stereocenters. The normalized spacial score (nSPS) is 20.9. The van der Waals surface area contributed by atoms with Gasteiger partial charge in [0.2, 0.25) is 10.0 Å². The zero-order valence-electron chi connectivity index (χ0n) is 13.3. The molecule has 0 spiro atoms. The molecule has 2 atom stereocenters. The Morgan fingerprint density at radius 2 is 1.88 bits per heavy atom. The highest BCUT2D eigenvalue weighted by molar-refractivity contribution is 7.89. The van der Waals surface area contributed by atoms with Crippen molar-refractivity contribution in [3.8, 4) is 5.75 Å². The first-order valence-electron chi connectivity index (χ1n) is 7.74. The van der Waals surface area contributed by atoms with Gasteiger partial charge in [-0.3, -0.25) is 4.98 Å². The molecule has 1 fully saturated rings. The molecule has 1 saturated heterocycles. The van der Waals surface area contributed by atoms with Crippen LogP contribution in [0.15, 0.2) is 53.7 Å². The van der Waals surface area contributed by atoms with Crippen LogP contribution in [0.3, 0.4) is 0 Å². The number of rotatable bonds is 6.